The third kappa shape index (κ3) is 6.30. The molecule has 0 amide bonds. The van der Waals surface area contributed by atoms with Crippen LogP contribution in [0.2, 0.25) is 0 Å². The normalized spacial score (nSPS) is 13.5. The Labute approximate surface area is 86.6 Å². The number of carboxylic acids is 1. The van der Waals surface area contributed by atoms with Gasteiger partial charge in [-0.1, -0.05) is 0 Å². The van der Waals surface area contributed by atoms with Crippen molar-refractivity contribution in [1.29, 1.82) is 0 Å². The van der Waals surface area contributed by atoms with Crippen molar-refractivity contribution in [2.45, 2.75) is 13.0 Å². The van der Waals surface area contributed by atoms with E-state index < -0.39 is 17.9 Å². The summed E-state index contributed by atoms with van der Waals surface area (Å²) in [5, 5.41) is 18.6. The molecule has 58 valence electrons. The van der Waals surface area contributed by atoms with Gasteiger partial charge in [-0.25, -0.2) is 4.79 Å². The van der Waals surface area contributed by atoms with Gasteiger partial charge in [0.15, 0.2) is 0 Å². The van der Waals surface area contributed by atoms with Crippen molar-refractivity contribution in [2.75, 3.05) is 6.54 Å². The minimum absolute atomic E-state index is 0. The third-order valence-electron chi connectivity index (χ3n) is 0.870. The van der Waals surface area contributed by atoms with Crippen molar-refractivity contribution in [3.05, 3.63) is 0 Å². The maximum Gasteiger partial charge on any atom is 1.00 e. The smallest absolute Gasteiger partial charge is 0.861 e. The molecule has 0 rings (SSSR count). The monoisotopic (exact) mass is 168 g/mol. The van der Waals surface area contributed by atoms with Crippen LogP contribution in [0.15, 0.2) is 4.99 Å². The molecule has 6 heteroatoms. The van der Waals surface area contributed by atoms with Crippen LogP contribution in [0.3, 0.4) is 0 Å². The van der Waals surface area contributed by atoms with E-state index in [1.807, 2.05) is 0 Å². The third-order valence-corrected chi connectivity index (χ3v) is 0.870. The molecule has 0 aromatic rings. The van der Waals surface area contributed by atoms with Crippen LogP contribution in [0.25, 0.3) is 0 Å². The number of hydrogen-bond acceptors (Lipinski definition) is 4. The first-order valence-corrected chi connectivity index (χ1v) is 2.74. The van der Waals surface area contributed by atoms with E-state index in [2.05, 4.69) is 4.99 Å². The van der Waals surface area contributed by atoms with Crippen molar-refractivity contribution in [1.82, 2.24) is 0 Å². The van der Waals surface area contributed by atoms with E-state index in [9.17, 15) is 9.90 Å². The second kappa shape index (κ2) is 6.60. The van der Waals surface area contributed by atoms with Gasteiger partial charge in [-0.15, -0.1) is 0 Å². The molecule has 3 N–H and O–H groups in total. The summed E-state index contributed by atoms with van der Waals surface area (Å²) in [6.45, 7) is 1.08. The van der Waals surface area contributed by atoms with Gasteiger partial charge < -0.3 is 15.9 Å². The summed E-state index contributed by atoms with van der Waals surface area (Å²) < 4.78 is 0. The standard InChI is InChI=1S/C5H10N2O3.Na/c1-3(5(9)10)7-4(8)2-6;/h3H,2,6H2,1H3,(H,7,8)(H,9,10);/q;+1/p-1/t3-;/m0./s1. The number of aliphatic carboxylic acids is 1. The van der Waals surface area contributed by atoms with Gasteiger partial charge >= 0.3 is 35.5 Å². The fourth-order valence-corrected chi connectivity index (χ4v) is 0.324. The summed E-state index contributed by atoms with van der Waals surface area (Å²) in [5.74, 6) is -1.71. The van der Waals surface area contributed by atoms with Crippen molar-refractivity contribution in [3.63, 3.8) is 0 Å². The van der Waals surface area contributed by atoms with Crippen LogP contribution >= 0.6 is 0 Å². The van der Waals surface area contributed by atoms with E-state index in [1.54, 1.807) is 0 Å². The van der Waals surface area contributed by atoms with Crippen LogP contribution in [-0.4, -0.2) is 29.6 Å². The molecule has 0 fully saturated rings. The molecule has 0 aromatic heterocycles. The van der Waals surface area contributed by atoms with Crippen LogP contribution in [-0.2, 0) is 4.79 Å². The summed E-state index contributed by atoms with van der Waals surface area (Å²) in [4.78, 5) is 13.3. The van der Waals surface area contributed by atoms with Crippen molar-refractivity contribution >= 4 is 11.9 Å². The quantitative estimate of drug-likeness (QED) is 0.251. The summed E-state index contributed by atoms with van der Waals surface area (Å²) in [7, 11) is 0. The van der Waals surface area contributed by atoms with Crippen LogP contribution in [0, 0.1) is 0 Å². The molecule has 0 heterocycles. The predicted molar refractivity (Wildman–Crippen MR) is 33.6 cm³/mol. The molecular weight excluding hydrogens is 159 g/mol. The van der Waals surface area contributed by atoms with Crippen LogP contribution in [0.1, 0.15) is 6.92 Å². The zero-order valence-electron chi connectivity index (χ0n) is 6.57. The predicted octanol–water partition coefficient (Wildman–Crippen LogP) is -4.82. The molecule has 0 aliphatic heterocycles. The average molecular weight is 168 g/mol. The Balaban J connectivity index is 0. The van der Waals surface area contributed by atoms with E-state index in [4.69, 9.17) is 10.8 Å². The van der Waals surface area contributed by atoms with E-state index in [-0.39, 0.29) is 36.1 Å². The van der Waals surface area contributed by atoms with Gasteiger partial charge in [0.05, 0.1) is 0 Å². The average Bonchev–Trinajstić information content (AvgIpc) is 1.87. The van der Waals surface area contributed by atoms with Crippen LogP contribution < -0.4 is 40.4 Å². The molecule has 11 heavy (non-hydrogen) atoms. The maximum absolute atomic E-state index is 10.4. The Morgan fingerprint density at radius 3 is 2.55 bits per heavy atom. The first-order chi connectivity index (χ1) is 4.57. The fraction of sp³-hybridized carbons (Fsp3) is 0.600. The fourth-order valence-electron chi connectivity index (χ4n) is 0.324. The van der Waals surface area contributed by atoms with Gasteiger partial charge in [0.2, 0.25) is 0 Å². The zero-order valence-corrected chi connectivity index (χ0v) is 8.57. The first-order valence-electron chi connectivity index (χ1n) is 2.74. The van der Waals surface area contributed by atoms with E-state index in [0.717, 1.165) is 0 Å². The molecule has 0 saturated heterocycles. The van der Waals surface area contributed by atoms with Crippen molar-refractivity contribution < 1.29 is 44.6 Å². The van der Waals surface area contributed by atoms with Gasteiger partial charge in [0.25, 0.3) is 0 Å². The molecule has 0 bridgehead atoms. The Kier molecular flexibility index (Phi) is 8.09. The largest absolute Gasteiger partial charge is 1.00 e. The van der Waals surface area contributed by atoms with Crippen LogP contribution in [0.4, 0.5) is 0 Å². The molecule has 5 nitrogen and oxygen atoms in total. The minimum Gasteiger partial charge on any atom is -0.861 e. The number of carbonyl (C=O) groups is 1. The van der Waals surface area contributed by atoms with Crippen molar-refractivity contribution in [3.8, 4) is 0 Å². The maximum atomic E-state index is 10.4. The second-order valence-corrected chi connectivity index (χ2v) is 1.74. The molecule has 0 spiro atoms. The SMILES string of the molecule is C[C@H](N=C([O-])CN)C(=O)O.[Na+]. The van der Waals surface area contributed by atoms with Crippen molar-refractivity contribution in [2.24, 2.45) is 10.7 Å². The summed E-state index contributed by atoms with van der Waals surface area (Å²) in [6, 6.07) is -0.990. The van der Waals surface area contributed by atoms with Crippen LogP contribution in [0.5, 0.6) is 0 Å². The number of hydrogen-bond donors (Lipinski definition) is 2. The minimum atomic E-state index is -1.12. The number of carboxylic acid groups (broad SMARTS) is 1. The Hall–Kier alpha value is -0.100. The summed E-state index contributed by atoms with van der Waals surface area (Å²) in [5.41, 5.74) is 4.88. The molecule has 0 saturated carbocycles. The first kappa shape index (κ1) is 13.5. The van der Waals surface area contributed by atoms with Gasteiger partial charge in [-0.3, -0.25) is 4.99 Å². The molecule has 0 aliphatic rings. The van der Waals surface area contributed by atoms with E-state index in [0.29, 0.717) is 0 Å². The number of nitrogens with zero attached hydrogens (tertiary/aromatic N) is 1. The molecular formula is C5H9N2NaO3. The summed E-state index contributed by atoms with van der Waals surface area (Å²) >= 11 is 0. The van der Waals surface area contributed by atoms with E-state index in [1.165, 1.54) is 6.92 Å². The molecule has 0 radical (unpaired) electrons. The van der Waals surface area contributed by atoms with E-state index >= 15 is 0 Å². The number of rotatable bonds is 3. The Bertz CT molecular complexity index is 160. The summed E-state index contributed by atoms with van der Waals surface area (Å²) in [6.07, 6.45) is 0. The Morgan fingerprint density at radius 2 is 2.27 bits per heavy atom. The second-order valence-electron chi connectivity index (χ2n) is 1.74. The van der Waals surface area contributed by atoms with Gasteiger partial charge in [0, 0.05) is 6.54 Å². The molecule has 0 aromatic carbocycles. The van der Waals surface area contributed by atoms with Gasteiger partial charge in [-0.2, -0.15) is 0 Å². The Morgan fingerprint density at radius 1 is 1.82 bits per heavy atom. The topological polar surface area (TPSA) is 98.7 Å². The zero-order chi connectivity index (χ0) is 8.15. The number of aliphatic imine (C=N–C) groups is 1. The van der Waals surface area contributed by atoms with Gasteiger partial charge in [0.1, 0.15) is 6.04 Å². The number of nitrogens with two attached hydrogens (primary N) is 1. The molecule has 0 unspecified atom stereocenters. The molecule has 0 aliphatic carbocycles. The van der Waals surface area contributed by atoms with Gasteiger partial charge in [-0.05, 0) is 12.8 Å². The molecule has 1 atom stereocenters.